The van der Waals surface area contributed by atoms with Crippen molar-refractivity contribution in [1.82, 2.24) is 5.32 Å². The number of hydrogen-bond acceptors (Lipinski definition) is 3. The lowest BCUT2D eigenvalue weighted by molar-refractivity contribution is 0.358. The number of rotatable bonds is 4. The molecule has 84 valence electrons. The molecule has 0 spiro atoms. The highest BCUT2D eigenvalue weighted by Crippen LogP contribution is 2.32. The summed E-state index contributed by atoms with van der Waals surface area (Å²) >= 11 is 0. The summed E-state index contributed by atoms with van der Waals surface area (Å²) in [4.78, 5) is 0. The summed E-state index contributed by atoms with van der Waals surface area (Å²) in [5.74, 6) is -0.878. The molecule has 1 rings (SSSR count). The van der Waals surface area contributed by atoms with Crippen molar-refractivity contribution in [2.24, 2.45) is 0 Å². The molecule has 0 aliphatic heterocycles. The Labute approximate surface area is 88.9 Å². The number of phenols is 1. The molecule has 3 nitrogen and oxygen atoms in total. The molecule has 0 saturated carbocycles. The predicted molar refractivity (Wildman–Crippen MR) is 57.0 cm³/mol. The lowest BCUT2D eigenvalue weighted by atomic mass is 10.1. The van der Waals surface area contributed by atoms with Gasteiger partial charge in [0.2, 0.25) is 5.82 Å². The van der Waals surface area contributed by atoms with Crippen molar-refractivity contribution in [2.75, 3.05) is 20.7 Å². The molecule has 0 unspecified atom stereocenters. The molecule has 1 aromatic carbocycles. The normalized spacial score (nSPS) is 10.4. The minimum Gasteiger partial charge on any atom is -0.505 e. The molecule has 0 saturated heterocycles. The van der Waals surface area contributed by atoms with E-state index in [1.165, 1.54) is 7.11 Å². The average Bonchev–Trinajstić information content (AvgIpc) is 2.23. The Morgan fingerprint density at radius 2 is 2.20 bits per heavy atom. The van der Waals surface area contributed by atoms with E-state index in [4.69, 9.17) is 4.74 Å². The number of aromatic hydroxyl groups is 1. The lowest BCUT2D eigenvalue weighted by Gasteiger charge is -2.12. The quantitative estimate of drug-likeness (QED) is 0.798. The number of aryl methyl sites for hydroxylation is 1. The SMILES string of the molecule is CNCCc1cc(C)c(O)c(F)c1OC. The summed E-state index contributed by atoms with van der Waals surface area (Å²) in [5, 5.41) is 12.4. The van der Waals surface area contributed by atoms with E-state index in [1.807, 2.05) is 7.05 Å². The van der Waals surface area contributed by atoms with Gasteiger partial charge in [-0.15, -0.1) is 0 Å². The summed E-state index contributed by atoms with van der Waals surface area (Å²) in [6.45, 7) is 2.40. The highest BCUT2D eigenvalue weighted by molar-refractivity contribution is 5.47. The number of phenolic OH excluding ortho intramolecular Hbond substituents is 1. The summed E-state index contributed by atoms with van der Waals surface area (Å²) in [7, 11) is 3.23. The van der Waals surface area contributed by atoms with E-state index in [1.54, 1.807) is 13.0 Å². The fourth-order valence-electron chi connectivity index (χ4n) is 1.48. The van der Waals surface area contributed by atoms with Crippen LogP contribution in [0.15, 0.2) is 6.07 Å². The van der Waals surface area contributed by atoms with E-state index in [-0.39, 0.29) is 11.5 Å². The van der Waals surface area contributed by atoms with Crippen LogP contribution in [0.3, 0.4) is 0 Å². The van der Waals surface area contributed by atoms with E-state index in [0.717, 1.165) is 12.1 Å². The maximum absolute atomic E-state index is 13.6. The predicted octanol–water partition coefficient (Wildman–Crippen LogP) is 1.61. The van der Waals surface area contributed by atoms with Crippen molar-refractivity contribution >= 4 is 0 Å². The third-order valence-electron chi connectivity index (χ3n) is 2.31. The second-order valence-electron chi connectivity index (χ2n) is 3.40. The first kappa shape index (κ1) is 11.8. The van der Waals surface area contributed by atoms with Gasteiger partial charge in [0.05, 0.1) is 7.11 Å². The average molecular weight is 213 g/mol. The number of hydrogen-bond donors (Lipinski definition) is 2. The van der Waals surface area contributed by atoms with Gasteiger partial charge in [-0.1, -0.05) is 0 Å². The van der Waals surface area contributed by atoms with Crippen molar-refractivity contribution in [1.29, 1.82) is 0 Å². The number of nitrogens with one attached hydrogen (secondary N) is 1. The van der Waals surface area contributed by atoms with Crippen molar-refractivity contribution in [3.05, 3.63) is 23.0 Å². The van der Waals surface area contributed by atoms with Gasteiger partial charge in [0, 0.05) is 0 Å². The molecule has 0 fully saturated rings. The Kier molecular flexibility index (Phi) is 3.91. The van der Waals surface area contributed by atoms with Crippen LogP contribution in [0, 0.1) is 12.7 Å². The smallest absolute Gasteiger partial charge is 0.207 e. The fraction of sp³-hybridized carbons (Fsp3) is 0.455. The van der Waals surface area contributed by atoms with Gasteiger partial charge in [-0.05, 0) is 44.1 Å². The Bertz CT molecular complexity index is 353. The van der Waals surface area contributed by atoms with E-state index in [2.05, 4.69) is 5.32 Å². The van der Waals surface area contributed by atoms with Gasteiger partial charge in [-0.3, -0.25) is 0 Å². The zero-order valence-electron chi connectivity index (χ0n) is 9.22. The zero-order chi connectivity index (χ0) is 11.4. The first-order valence-corrected chi connectivity index (χ1v) is 4.81. The van der Waals surface area contributed by atoms with Gasteiger partial charge in [0.1, 0.15) is 0 Å². The molecular formula is C11H16FNO2. The van der Waals surface area contributed by atoms with Crippen LogP contribution >= 0.6 is 0 Å². The molecule has 0 bridgehead atoms. The molecule has 4 heteroatoms. The molecular weight excluding hydrogens is 197 g/mol. The van der Waals surface area contributed by atoms with E-state index in [9.17, 15) is 9.50 Å². The Morgan fingerprint density at radius 1 is 1.53 bits per heavy atom. The molecule has 0 atom stereocenters. The van der Waals surface area contributed by atoms with E-state index >= 15 is 0 Å². The van der Waals surface area contributed by atoms with Gasteiger partial charge >= 0.3 is 0 Å². The first-order chi connectivity index (χ1) is 7.11. The highest BCUT2D eigenvalue weighted by atomic mass is 19.1. The van der Waals surface area contributed by atoms with Gasteiger partial charge in [0.25, 0.3) is 0 Å². The minimum atomic E-state index is -0.677. The Morgan fingerprint density at radius 3 is 2.73 bits per heavy atom. The maximum Gasteiger partial charge on any atom is 0.207 e. The summed E-state index contributed by atoms with van der Waals surface area (Å²) in [6, 6.07) is 1.74. The maximum atomic E-state index is 13.6. The van der Waals surface area contributed by atoms with Crippen LogP contribution in [0.2, 0.25) is 0 Å². The summed E-state index contributed by atoms with van der Waals surface area (Å²) in [5.41, 5.74) is 1.29. The van der Waals surface area contributed by atoms with Crippen LogP contribution in [-0.2, 0) is 6.42 Å². The van der Waals surface area contributed by atoms with E-state index < -0.39 is 5.82 Å². The van der Waals surface area contributed by atoms with Gasteiger partial charge < -0.3 is 15.2 Å². The Balaban J connectivity index is 3.13. The van der Waals surface area contributed by atoms with Crippen LogP contribution in [0.5, 0.6) is 11.5 Å². The largest absolute Gasteiger partial charge is 0.505 e. The number of ether oxygens (including phenoxy) is 1. The molecule has 2 N–H and O–H groups in total. The molecule has 0 aliphatic carbocycles. The van der Waals surface area contributed by atoms with Crippen molar-refractivity contribution in [3.8, 4) is 11.5 Å². The lowest BCUT2D eigenvalue weighted by Crippen LogP contribution is -2.11. The number of methoxy groups -OCH3 is 1. The standard InChI is InChI=1S/C11H16FNO2/c1-7-6-8(4-5-13-2)11(15-3)9(12)10(7)14/h6,13-14H,4-5H2,1-3H3. The monoisotopic (exact) mass is 213 g/mol. The van der Waals surface area contributed by atoms with Crippen LogP contribution in [0.1, 0.15) is 11.1 Å². The molecule has 1 aromatic rings. The number of likely N-dealkylation sites (N-methyl/N-ethyl adjacent to an activating group) is 1. The number of benzene rings is 1. The molecule has 0 radical (unpaired) electrons. The van der Waals surface area contributed by atoms with Crippen molar-refractivity contribution < 1.29 is 14.2 Å². The van der Waals surface area contributed by atoms with Crippen LogP contribution in [-0.4, -0.2) is 25.8 Å². The molecule has 0 heterocycles. The third-order valence-corrected chi connectivity index (χ3v) is 2.31. The fourth-order valence-corrected chi connectivity index (χ4v) is 1.48. The van der Waals surface area contributed by atoms with E-state index in [0.29, 0.717) is 12.0 Å². The molecule has 15 heavy (non-hydrogen) atoms. The number of halogens is 1. The summed E-state index contributed by atoms with van der Waals surface area (Å²) < 4.78 is 18.5. The second-order valence-corrected chi connectivity index (χ2v) is 3.40. The Hall–Kier alpha value is -1.29. The van der Waals surface area contributed by atoms with Crippen molar-refractivity contribution in [2.45, 2.75) is 13.3 Å². The van der Waals surface area contributed by atoms with Gasteiger partial charge in [-0.25, -0.2) is 0 Å². The third kappa shape index (κ3) is 2.39. The minimum absolute atomic E-state index is 0.133. The molecule has 0 amide bonds. The second kappa shape index (κ2) is 4.98. The van der Waals surface area contributed by atoms with Crippen LogP contribution in [0.4, 0.5) is 4.39 Å². The molecule has 0 aliphatic rings. The van der Waals surface area contributed by atoms with Crippen LogP contribution in [0.25, 0.3) is 0 Å². The summed E-state index contributed by atoms with van der Waals surface area (Å²) in [6.07, 6.45) is 0.664. The zero-order valence-corrected chi connectivity index (χ0v) is 9.22. The highest BCUT2D eigenvalue weighted by Gasteiger charge is 2.15. The topological polar surface area (TPSA) is 41.5 Å². The van der Waals surface area contributed by atoms with Crippen LogP contribution < -0.4 is 10.1 Å². The van der Waals surface area contributed by atoms with Gasteiger partial charge in [-0.2, -0.15) is 4.39 Å². The first-order valence-electron chi connectivity index (χ1n) is 4.81. The molecule has 0 aromatic heterocycles. The van der Waals surface area contributed by atoms with Crippen molar-refractivity contribution in [3.63, 3.8) is 0 Å². The van der Waals surface area contributed by atoms with Gasteiger partial charge in [0.15, 0.2) is 11.5 Å².